The molecule has 2 N–H and O–H groups in total. The maximum atomic E-state index is 12.3. The van der Waals surface area contributed by atoms with E-state index in [-0.39, 0.29) is 27.9 Å². The summed E-state index contributed by atoms with van der Waals surface area (Å²) in [4.78, 5) is 37.1. The first-order valence-electron chi connectivity index (χ1n) is 9.32. The van der Waals surface area contributed by atoms with E-state index in [2.05, 4.69) is 10.6 Å². The number of fused-ring (bicyclic) bond motifs is 1. The number of nitrogens with one attached hydrogen (secondary N) is 2. The van der Waals surface area contributed by atoms with E-state index in [1.54, 1.807) is 12.1 Å². The minimum absolute atomic E-state index is 0.00737. The van der Waals surface area contributed by atoms with Gasteiger partial charge in [0.25, 0.3) is 5.91 Å². The Morgan fingerprint density at radius 3 is 2.66 bits per heavy atom. The number of ether oxygens (including phenoxy) is 1. The molecular weight excluding hydrogens is 478 g/mol. The molecule has 0 aliphatic carbocycles. The molecule has 1 aliphatic rings. The standard InChI is InChI=1S/C20H20ClN3O6S2/c1-24(2)32(28,29)17-9-12(7-8-13(17)21)22-18(25)11-30-19(26)10-16-20(27)23-14-5-3-4-6-15(14)31-16/h3-9,16H,10-11H2,1-2H3,(H,22,25)(H,23,27). The Labute approximate surface area is 194 Å². The largest absolute Gasteiger partial charge is 0.456 e. The number of hydrogen-bond donors (Lipinski definition) is 2. The lowest BCUT2D eigenvalue weighted by molar-refractivity contribution is -0.147. The van der Waals surface area contributed by atoms with Crippen molar-refractivity contribution in [1.82, 2.24) is 4.31 Å². The van der Waals surface area contributed by atoms with Crippen molar-refractivity contribution in [2.45, 2.75) is 21.5 Å². The molecule has 0 spiro atoms. The minimum Gasteiger partial charge on any atom is -0.456 e. The molecule has 0 saturated heterocycles. The Morgan fingerprint density at radius 1 is 1.22 bits per heavy atom. The van der Waals surface area contributed by atoms with Crippen LogP contribution in [0.25, 0.3) is 0 Å². The SMILES string of the molecule is CN(C)S(=O)(=O)c1cc(NC(=O)COC(=O)CC2Sc3ccccc3NC2=O)ccc1Cl. The lowest BCUT2D eigenvalue weighted by Gasteiger charge is -2.23. The number of halogens is 1. The lowest BCUT2D eigenvalue weighted by atomic mass is 10.2. The van der Waals surface area contributed by atoms with Gasteiger partial charge in [-0.2, -0.15) is 0 Å². The molecule has 1 atom stereocenters. The minimum atomic E-state index is -3.81. The molecule has 0 saturated carbocycles. The van der Waals surface area contributed by atoms with E-state index in [4.69, 9.17) is 16.3 Å². The molecule has 0 aromatic heterocycles. The van der Waals surface area contributed by atoms with Crippen LogP contribution in [-0.4, -0.2) is 56.5 Å². The number of thioether (sulfide) groups is 1. The van der Waals surface area contributed by atoms with Gasteiger partial charge in [-0.3, -0.25) is 14.4 Å². The van der Waals surface area contributed by atoms with Crippen LogP contribution in [-0.2, 0) is 29.1 Å². The zero-order valence-corrected chi connectivity index (χ0v) is 19.5. The summed E-state index contributed by atoms with van der Waals surface area (Å²) >= 11 is 7.23. The summed E-state index contributed by atoms with van der Waals surface area (Å²) in [6, 6.07) is 11.2. The Kier molecular flexibility index (Phi) is 7.44. The number of benzene rings is 2. The Balaban J connectivity index is 1.55. The van der Waals surface area contributed by atoms with Crippen LogP contribution < -0.4 is 10.6 Å². The van der Waals surface area contributed by atoms with Crippen LogP contribution in [0.3, 0.4) is 0 Å². The van der Waals surface area contributed by atoms with Gasteiger partial charge in [0.2, 0.25) is 15.9 Å². The van der Waals surface area contributed by atoms with Crippen LogP contribution in [0.1, 0.15) is 6.42 Å². The number of carbonyl (C=O) groups excluding carboxylic acids is 3. The summed E-state index contributed by atoms with van der Waals surface area (Å²) < 4.78 is 30.6. The first-order chi connectivity index (χ1) is 15.1. The predicted molar refractivity (Wildman–Crippen MR) is 121 cm³/mol. The van der Waals surface area contributed by atoms with Crippen molar-refractivity contribution in [2.24, 2.45) is 0 Å². The van der Waals surface area contributed by atoms with Crippen LogP contribution in [0.5, 0.6) is 0 Å². The number of anilines is 2. The normalized spacial score (nSPS) is 15.6. The van der Waals surface area contributed by atoms with Crippen molar-refractivity contribution >= 4 is 62.5 Å². The van der Waals surface area contributed by atoms with Gasteiger partial charge in [-0.25, -0.2) is 12.7 Å². The monoisotopic (exact) mass is 497 g/mol. The van der Waals surface area contributed by atoms with Crippen molar-refractivity contribution in [2.75, 3.05) is 31.3 Å². The van der Waals surface area contributed by atoms with Crippen molar-refractivity contribution < 1.29 is 27.5 Å². The Hall–Kier alpha value is -2.60. The fraction of sp³-hybridized carbons (Fsp3) is 0.250. The van der Waals surface area contributed by atoms with Crippen molar-refractivity contribution in [3.63, 3.8) is 0 Å². The maximum absolute atomic E-state index is 12.3. The van der Waals surface area contributed by atoms with Crippen molar-refractivity contribution in [3.05, 3.63) is 47.5 Å². The molecule has 3 rings (SSSR count). The predicted octanol–water partition coefficient (Wildman–Crippen LogP) is 2.58. The molecule has 1 aliphatic heterocycles. The number of para-hydroxylation sites is 1. The van der Waals surface area contributed by atoms with E-state index in [9.17, 15) is 22.8 Å². The second-order valence-electron chi connectivity index (χ2n) is 6.94. The summed E-state index contributed by atoms with van der Waals surface area (Å²) in [5.74, 6) is -1.69. The molecule has 32 heavy (non-hydrogen) atoms. The molecule has 0 fully saturated rings. The molecule has 170 valence electrons. The zero-order chi connectivity index (χ0) is 23.5. The Bertz CT molecular complexity index is 1170. The highest BCUT2D eigenvalue weighted by molar-refractivity contribution is 8.01. The summed E-state index contributed by atoms with van der Waals surface area (Å²) in [7, 11) is -1.09. The third-order valence-electron chi connectivity index (χ3n) is 4.40. The highest BCUT2D eigenvalue weighted by atomic mass is 35.5. The van der Waals surface area contributed by atoms with E-state index in [0.717, 1.165) is 9.20 Å². The number of esters is 1. The van der Waals surface area contributed by atoms with Gasteiger partial charge in [0.15, 0.2) is 6.61 Å². The van der Waals surface area contributed by atoms with E-state index in [0.29, 0.717) is 5.69 Å². The van der Waals surface area contributed by atoms with E-state index < -0.39 is 33.8 Å². The third kappa shape index (κ3) is 5.60. The van der Waals surface area contributed by atoms with Gasteiger partial charge < -0.3 is 15.4 Å². The fourth-order valence-corrected chi connectivity index (χ4v) is 5.24. The highest BCUT2D eigenvalue weighted by Crippen LogP contribution is 2.36. The topological polar surface area (TPSA) is 122 Å². The second-order valence-corrected chi connectivity index (χ2v) is 10.7. The van der Waals surface area contributed by atoms with E-state index in [1.165, 1.54) is 44.1 Å². The van der Waals surface area contributed by atoms with Gasteiger partial charge in [0, 0.05) is 24.7 Å². The maximum Gasteiger partial charge on any atom is 0.307 e. The van der Waals surface area contributed by atoms with Crippen molar-refractivity contribution in [3.8, 4) is 0 Å². The third-order valence-corrected chi connectivity index (χ3v) is 7.97. The number of carbonyl (C=O) groups is 3. The lowest BCUT2D eigenvalue weighted by Crippen LogP contribution is -2.32. The number of amides is 2. The van der Waals surface area contributed by atoms with Crippen LogP contribution in [0.15, 0.2) is 52.3 Å². The molecule has 2 aromatic carbocycles. The van der Waals surface area contributed by atoms with Crippen LogP contribution >= 0.6 is 23.4 Å². The summed E-state index contributed by atoms with van der Waals surface area (Å²) in [5, 5.41) is 4.53. The molecule has 2 aromatic rings. The van der Waals surface area contributed by atoms with Crippen LogP contribution in [0, 0.1) is 0 Å². The molecule has 2 amide bonds. The van der Waals surface area contributed by atoms with Crippen LogP contribution in [0.4, 0.5) is 11.4 Å². The number of sulfonamides is 1. The molecule has 0 bridgehead atoms. The van der Waals surface area contributed by atoms with Crippen LogP contribution in [0.2, 0.25) is 5.02 Å². The van der Waals surface area contributed by atoms with Gasteiger partial charge in [-0.1, -0.05) is 23.7 Å². The molecule has 1 unspecified atom stereocenters. The quantitative estimate of drug-likeness (QED) is 0.564. The molecular formula is C20H20ClN3O6S2. The van der Waals surface area contributed by atoms with E-state index in [1.807, 2.05) is 12.1 Å². The first-order valence-corrected chi connectivity index (χ1v) is 12.0. The van der Waals surface area contributed by atoms with Gasteiger partial charge >= 0.3 is 5.97 Å². The number of hydrogen-bond acceptors (Lipinski definition) is 7. The second kappa shape index (κ2) is 9.90. The summed E-state index contributed by atoms with van der Waals surface area (Å²) in [5.41, 5.74) is 0.861. The zero-order valence-electron chi connectivity index (χ0n) is 17.1. The van der Waals surface area contributed by atoms with Gasteiger partial charge in [0.05, 0.1) is 22.4 Å². The van der Waals surface area contributed by atoms with Gasteiger partial charge in [-0.05, 0) is 30.3 Å². The number of nitrogens with zero attached hydrogens (tertiary/aromatic N) is 1. The Morgan fingerprint density at radius 2 is 1.94 bits per heavy atom. The first kappa shape index (κ1) is 24.1. The average Bonchev–Trinajstić information content (AvgIpc) is 2.74. The number of rotatable bonds is 7. The summed E-state index contributed by atoms with van der Waals surface area (Å²) in [6.07, 6.45) is -0.204. The van der Waals surface area contributed by atoms with Gasteiger partial charge in [0.1, 0.15) is 4.90 Å². The van der Waals surface area contributed by atoms with Gasteiger partial charge in [-0.15, -0.1) is 11.8 Å². The van der Waals surface area contributed by atoms with E-state index >= 15 is 0 Å². The molecule has 1 heterocycles. The molecule has 0 radical (unpaired) electrons. The summed E-state index contributed by atoms with van der Waals surface area (Å²) in [6.45, 7) is -0.590. The fourth-order valence-electron chi connectivity index (χ4n) is 2.76. The molecule has 12 heteroatoms. The average molecular weight is 498 g/mol. The highest BCUT2D eigenvalue weighted by Gasteiger charge is 2.29. The van der Waals surface area contributed by atoms with Crippen molar-refractivity contribution in [1.29, 1.82) is 0 Å². The smallest absolute Gasteiger partial charge is 0.307 e. The molecule has 9 nitrogen and oxygen atoms in total.